The molecule has 0 radical (unpaired) electrons. The van der Waals surface area contributed by atoms with Crippen LogP contribution in [0.15, 0.2) is 59.5 Å². The normalized spacial score (nSPS) is 11.8. The molecule has 0 N–H and O–H groups in total. The lowest BCUT2D eigenvalue weighted by Crippen LogP contribution is -2.09. The number of pyridine rings is 1. The number of rotatable bonds is 3. The van der Waals surface area contributed by atoms with E-state index in [0.717, 1.165) is 11.0 Å². The van der Waals surface area contributed by atoms with Crippen LogP contribution in [0, 0.1) is 0 Å². The minimum Gasteiger partial charge on any atom is -0.243 e. The first-order chi connectivity index (χ1) is 10.9. The number of thioether (sulfide) groups is 1. The highest BCUT2D eigenvalue weighted by Gasteiger charge is 2.33. The van der Waals surface area contributed by atoms with Gasteiger partial charge in [-0.05, 0) is 42.0 Å². The number of hydrogen-bond acceptors (Lipinski definition) is 2. The lowest BCUT2D eigenvalue weighted by atomic mass is 10.1. The molecule has 0 spiro atoms. The molecule has 2 aromatic carbocycles. The van der Waals surface area contributed by atoms with E-state index in [1.54, 1.807) is 12.1 Å². The summed E-state index contributed by atoms with van der Waals surface area (Å²) in [6, 6.07) is 15.4. The second-order valence-electron chi connectivity index (χ2n) is 4.93. The number of aromatic nitrogens is 1. The Morgan fingerprint density at radius 3 is 2.43 bits per heavy atom. The van der Waals surface area contributed by atoms with Crippen LogP contribution in [0.1, 0.15) is 11.3 Å². The van der Waals surface area contributed by atoms with Gasteiger partial charge in [0.2, 0.25) is 0 Å². The predicted molar refractivity (Wildman–Crippen MR) is 87.8 cm³/mol. The van der Waals surface area contributed by atoms with Crippen molar-refractivity contribution in [2.24, 2.45) is 0 Å². The van der Waals surface area contributed by atoms with Gasteiger partial charge in [-0.2, -0.15) is 13.2 Å². The summed E-state index contributed by atoms with van der Waals surface area (Å²) in [6.07, 6.45) is -4.47. The minimum absolute atomic E-state index is 0.299. The van der Waals surface area contributed by atoms with Crippen molar-refractivity contribution in [3.63, 3.8) is 0 Å². The zero-order valence-corrected chi connectivity index (χ0v) is 13.3. The molecule has 0 unspecified atom stereocenters. The molecule has 1 heterocycles. The van der Waals surface area contributed by atoms with E-state index in [-0.39, 0.29) is 0 Å². The Labute approximate surface area is 140 Å². The van der Waals surface area contributed by atoms with E-state index in [9.17, 15) is 13.2 Å². The van der Waals surface area contributed by atoms with Crippen LogP contribution in [0.5, 0.6) is 0 Å². The molecule has 0 saturated carbocycles. The van der Waals surface area contributed by atoms with Gasteiger partial charge in [0, 0.05) is 21.1 Å². The van der Waals surface area contributed by atoms with E-state index in [1.165, 1.54) is 17.8 Å². The minimum atomic E-state index is -4.47. The molecule has 0 saturated heterocycles. The van der Waals surface area contributed by atoms with Crippen LogP contribution in [-0.4, -0.2) is 4.98 Å². The fraction of sp³-hybridized carbons (Fsp3) is 0.118. The van der Waals surface area contributed by atoms with Gasteiger partial charge in [-0.1, -0.05) is 29.8 Å². The van der Waals surface area contributed by atoms with Crippen LogP contribution in [0.2, 0.25) is 5.02 Å². The third-order valence-electron chi connectivity index (χ3n) is 3.28. The van der Waals surface area contributed by atoms with Crippen molar-refractivity contribution in [3.8, 4) is 0 Å². The van der Waals surface area contributed by atoms with Crippen LogP contribution >= 0.6 is 23.4 Å². The summed E-state index contributed by atoms with van der Waals surface area (Å²) >= 11 is 7.46. The molecule has 0 bridgehead atoms. The highest BCUT2D eigenvalue weighted by atomic mass is 35.5. The van der Waals surface area contributed by atoms with Crippen molar-refractivity contribution in [2.75, 3.05) is 0 Å². The Morgan fingerprint density at radius 2 is 1.74 bits per heavy atom. The molecule has 0 aliphatic rings. The molecule has 23 heavy (non-hydrogen) atoms. The SMILES string of the molecule is FC(F)(F)c1cc(CSc2ccccc2)c2cc(Cl)ccc2n1. The van der Waals surface area contributed by atoms with Gasteiger partial charge in [0.15, 0.2) is 0 Å². The van der Waals surface area contributed by atoms with E-state index in [1.807, 2.05) is 30.3 Å². The van der Waals surface area contributed by atoms with Gasteiger partial charge in [0.05, 0.1) is 5.52 Å². The van der Waals surface area contributed by atoms with Gasteiger partial charge in [0.25, 0.3) is 0 Å². The first kappa shape index (κ1) is 16.1. The smallest absolute Gasteiger partial charge is 0.243 e. The molecule has 118 valence electrons. The number of nitrogens with zero attached hydrogens (tertiary/aromatic N) is 1. The number of hydrogen-bond donors (Lipinski definition) is 0. The summed E-state index contributed by atoms with van der Waals surface area (Å²) in [4.78, 5) is 4.70. The molecule has 6 heteroatoms. The Bertz CT molecular complexity index is 834. The second-order valence-corrected chi connectivity index (χ2v) is 6.41. The summed E-state index contributed by atoms with van der Waals surface area (Å²) in [5.74, 6) is 0.409. The largest absolute Gasteiger partial charge is 0.433 e. The molecule has 0 fully saturated rings. The molecule has 3 aromatic rings. The Hall–Kier alpha value is -1.72. The highest BCUT2D eigenvalue weighted by molar-refractivity contribution is 7.98. The van der Waals surface area contributed by atoms with Crippen molar-refractivity contribution in [3.05, 3.63) is 70.9 Å². The van der Waals surface area contributed by atoms with Crippen LogP contribution in [0.25, 0.3) is 10.9 Å². The summed E-state index contributed by atoms with van der Waals surface area (Å²) < 4.78 is 39.1. The van der Waals surface area contributed by atoms with Gasteiger partial charge in [-0.25, -0.2) is 4.98 Å². The molecule has 1 aromatic heterocycles. The molecule has 0 aliphatic carbocycles. The van der Waals surface area contributed by atoms with E-state index in [0.29, 0.717) is 27.2 Å². The maximum atomic E-state index is 13.0. The summed E-state index contributed by atoms with van der Waals surface area (Å²) in [7, 11) is 0. The summed E-state index contributed by atoms with van der Waals surface area (Å²) in [5, 5.41) is 1.12. The summed E-state index contributed by atoms with van der Waals surface area (Å²) in [6.45, 7) is 0. The zero-order chi connectivity index (χ0) is 16.4. The molecule has 1 nitrogen and oxygen atoms in total. The van der Waals surface area contributed by atoms with Gasteiger partial charge < -0.3 is 0 Å². The van der Waals surface area contributed by atoms with Crippen molar-refractivity contribution >= 4 is 34.3 Å². The topological polar surface area (TPSA) is 12.9 Å². The predicted octanol–water partition coefficient (Wildman–Crippen LogP) is 6.20. The fourth-order valence-electron chi connectivity index (χ4n) is 2.21. The Morgan fingerprint density at radius 1 is 1.00 bits per heavy atom. The van der Waals surface area contributed by atoms with Crippen LogP contribution in [0.3, 0.4) is 0 Å². The third-order valence-corrected chi connectivity index (χ3v) is 4.58. The maximum Gasteiger partial charge on any atom is 0.433 e. The van der Waals surface area contributed by atoms with E-state index >= 15 is 0 Å². The van der Waals surface area contributed by atoms with Crippen LogP contribution < -0.4 is 0 Å². The maximum absolute atomic E-state index is 13.0. The van der Waals surface area contributed by atoms with E-state index < -0.39 is 11.9 Å². The van der Waals surface area contributed by atoms with Gasteiger partial charge in [-0.15, -0.1) is 11.8 Å². The lowest BCUT2D eigenvalue weighted by Gasteiger charge is -2.12. The molecule has 3 rings (SSSR count). The van der Waals surface area contributed by atoms with Crippen LogP contribution in [0.4, 0.5) is 13.2 Å². The highest BCUT2D eigenvalue weighted by Crippen LogP contribution is 2.34. The fourth-order valence-corrected chi connectivity index (χ4v) is 3.29. The van der Waals surface area contributed by atoms with E-state index in [4.69, 9.17) is 11.6 Å². The molecular formula is C17H11ClF3NS. The molecule has 0 atom stereocenters. The first-order valence-electron chi connectivity index (χ1n) is 6.78. The van der Waals surface area contributed by atoms with Crippen molar-refractivity contribution in [1.82, 2.24) is 4.98 Å². The quantitative estimate of drug-likeness (QED) is 0.520. The first-order valence-corrected chi connectivity index (χ1v) is 8.14. The lowest BCUT2D eigenvalue weighted by molar-refractivity contribution is -0.141. The standard InChI is InChI=1S/C17H11ClF3NS/c18-12-6-7-15-14(9-12)11(8-16(22-15)17(19,20)21)10-23-13-4-2-1-3-5-13/h1-9H,10H2. The monoisotopic (exact) mass is 353 g/mol. The van der Waals surface area contributed by atoms with Gasteiger partial charge in [0.1, 0.15) is 5.69 Å². The molecular weight excluding hydrogens is 343 g/mol. The van der Waals surface area contributed by atoms with Crippen molar-refractivity contribution in [1.29, 1.82) is 0 Å². The Kier molecular flexibility index (Phi) is 4.50. The number of fused-ring (bicyclic) bond motifs is 1. The average Bonchev–Trinajstić information content (AvgIpc) is 2.52. The molecule has 0 amide bonds. The van der Waals surface area contributed by atoms with Gasteiger partial charge in [-0.3, -0.25) is 0 Å². The van der Waals surface area contributed by atoms with Crippen molar-refractivity contribution in [2.45, 2.75) is 16.8 Å². The average molecular weight is 354 g/mol. The third kappa shape index (κ3) is 3.79. The number of alkyl halides is 3. The second kappa shape index (κ2) is 6.42. The van der Waals surface area contributed by atoms with Gasteiger partial charge >= 0.3 is 6.18 Å². The van der Waals surface area contributed by atoms with Crippen LogP contribution in [-0.2, 0) is 11.9 Å². The summed E-state index contributed by atoms with van der Waals surface area (Å²) in [5.41, 5.74) is -0.0115. The Balaban J connectivity index is 2.03. The van der Waals surface area contributed by atoms with Crippen molar-refractivity contribution < 1.29 is 13.2 Å². The number of benzene rings is 2. The zero-order valence-electron chi connectivity index (χ0n) is 11.8. The number of halogens is 4. The van der Waals surface area contributed by atoms with E-state index in [2.05, 4.69) is 4.98 Å². The molecule has 0 aliphatic heterocycles.